The van der Waals surface area contributed by atoms with E-state index in [4.69, 9.17) is 9.47 Å². The van der Waals surface area contributed by atoms with E-state index < -0.39 is 5.97 Å². The second-order valence-corrected chi connectivity index (χ2v) is 16.2. The van der Waals surface area contributed by atoms with Crippen LogP contribution in [0.25, 0.3) is 35.3 Å². The summed E-state index contributed by atoms with van der Waals surface area (Å²) in [5.41, 5.74) is 2.41. The molecule has 4 aromatic rings. The number of unbranched alkanes of at least 4 members (excludes halogenated alkanes) is 10. The zero-order chi connectivity index (χ0) is 33.0. The number of carbonyl (C=O) groups is 1. The van der Waals surface area contributed by atoms with Crippen LogP contribution in [-0.4, -0.2) is 24.3 Å². The molecule has 0 spiro atoms. The molecule has 0 amide bonds. The van der Waals surface area contributed by atoms with Gasteiger partial charge in [0.25, 0.3) is 0 Å². The van der Waals surface area contributed by atoms with Crippen molar-refractivity contribution in [3.05, 3.63) is 51.2 Å². The molecule has 5 heterocycles. The summed E-state index contributed by atoms with van der Waals surface area (Å²) in [6.45, 7) is 5.67. The Hall–Kier alpha value is -2.90. The van der Waals surface area contributed by atoms with Crippen molar-refractivity contribution in [2.24, 2.45) is 0 Å². The summed E-state index contributed by atoms with van der Waals surface area (Å²) < 4.78 is 11.9. The fraction of sp³-hybridized carbons (Fsp3) is 0.474. The SMILES string of the molecule is CCCCCCCCc1cc(/C=C(\C#N)C(=O)O)sc1-c1ccc(-c2sc(-c3scc4c3OCCO4)cc2CCCCCCCC)s1. The highest BCUT2D eigenvalue weighted by molar-refractivity contribution is 7.28. The van der Waals surface area contributed by atoms with Crippen molar-refractivity contribution in [1.29, 1.82) is 5.26 Å². The highest BCUT2D eigenvalue weighted by Gasteiger charge is 2.24. The number of nitrogens with zero attached hydrogens (tertiary/aromatic N) is 1. The Labute approximate surface area is 295 Å². The summed E-state index contributed by atoms with van der Waals surface area (Å²) in [7, 11) is 0. The predicted molar refractivity (Wildman–Crippen MR) is 201 cm³/mol. The lowest BCUT2D eigenvalue weighted by Crippen LogP contribution is -2.14. The van der Waals surface area contributed by atoms with Crippen LogP contribution >= 0.6 is 45.3 Å². The van der Waals surface area contributed by atoms with Crippen LogP contribution in [0.1, 0.15) is 107 Å². The van der Waals surface area contributed by atoms with Crippen molar-refractivity contribution in [3.63, 3.8) is 0 Å². The molecule has 0 aromatic carbocycles. The van der Waals surface area contributed by atoms with Crippen LogP contribution in [0.15, 0.2) is 35.2 Å². The number of hydrogen-bond acceptors (Lipinski definition) is 8. The maximum absolute atomic E-state index is 11.6. The summed E-state index contributed by atoms with van der Waals surface area (Å²) >= 11 is 6.96. The molecule has 4 aromatic heterocycles. The number of thiophene rings is 4. The third-order valence-electron chi connectivity index (χ3n) is 8.45. The van der Waals surface area contributed by atoms with E-state index in [2.05, 4.69) is 43.5 Å². The second-order valence-electron chi connectivity index (χ2n) is 12.1. The Bertz CT molecular complexity index is 1680. The van der Waals surface area contributed by atoms with Gasteiger partial charge >= 0.3 is 5.97 Å². The molecule has 5 nitrogen and oxygen atoms in total. The lowest BCUT2D eigenvalue weighted by molar-refractivity contribution is -0.132. The molecular weight excluding hydrogens is 663 g/mol. The number of fused-ring (bicyclic) bond motifs is 1. The van der Waals surface area contributed by atoms with E-state index in [1.54, 1.807) is 22.7 Å². The Morgan fingerprint density at radius 3 is 2.02 bits per heavy atom. The smallest absolute Gasteiger partial charge is 0.346 e. The van der Waals surface area contributed by atoms with E-state index in [1.807, 2.05) is 28.7 Å². The number of ether oxygens (including phenoxy) is 2. The first kappa shape index (κ1) is 35.4. The van der Waals surface area contributed by atoms with Gasteiger partial charge in [-0.1, -0.05) is 78.1 Å². The first-order valence-corrected chi connectivity index (χ1v) is 20.4. The van der Waals surface area contributed by atoms with Crippen LogP contribution in [0.5, 0.6) is 11.5 Å². The van der Waals surface area contributed by atoms with E-state index in [-0.39, 0.29) is 5.57 Å². The third-order valence-corrected chi connectivity index (χ3v) is 13.3. The van der Waals surface area contributed by atoms with Gasteiger partial charge in [-0.15, -0.1) is 45.3 Å². The first-order chi connectivity index (χ1) is 23.0. The minimum Gasteiger partial charge on any atom is -0.485 e. The van der Waals surface area contributed by atoms with Crippen molar-refractivity contribution in [2.45, 2.75) is 104 Å². The van der Waals surface area contributed by atoms with Gasteiger partial charge < -0.3 is 14.6 Å². The molecule has 0 unspecified atom stereocenters. The van der Waals surface area contributed by atoms with Crippen molar-refractivity contribution in [1.82, 2.24) is 0 Å². The van der Waals surface area contributed by atoms with E-state index in [0.717, 1.165) is 40.5 Å². The van der Waals surface area contributed by atoms with Crippen LogP contribution in [0.2, 0.25) is 0 Å². The molecule has 0 bridgehead atoms. The third kappa shape index (κ3) is 9.38. The lowest BCUT2D eigenvalue weighted by Gasteiger charge is -2.15. The summed E-state index contributed by atoms with van der Waals surface area (Å²) in [6.07, 6.45) is 18.5. The van der Waals surface area contributed by atoms with E-state index in [1.165, 1.54) is 112 Å². The lowest BCUT2D eigenvalue weighted by atomic mass is 10.0. The van der Waals surface area contributed by atoms with E-state index in [9.17, 15) is 15.2 Å². The minimum atomic E-state index is -1.19. The molecule has 0 radical (unpaired) electrons. The molecule has 9 heteroatoms. The highest BCUT2D eigenvalue weighted by Crippen LogP contribution is 2.51. The first-order valence-electron chi connectivity index (χ1n) is 17.1. The average molecular weight is 708 g/mol. The van der Waals surface area contributed by atoms with Crippen LogP contribution in [0, 0.1) is 11.3 Å². The van der Waals surface area contributed by atoms with Crippen LogP contribution < -0.4 is 9.47 Å². The highest BCUT2D eigenvalue weighted by atomic mass is 32.1. The largest absolute Gasteiger partial charge is 0.485 e. The Balaban J connectivity index is 1.44. The zero-order valence-electron chi connectivity index (χ0n) is 27.5. The Morgan fingerprint density at radius 1 is 0.787 bits per heavy atom. The zero-order valence-corrected chi connectivity index (χ0v) is 30.8. The summed E-state index contributed by atoms with van der Waals surface area (Å²) in [5, 5.41) is 20.9. The number of hydrogen-bond donors (Lipinski definition) is 1. The van der Waals surface area contributed by atoms with Crippen molar-refractivity contribution < 1.29 is 19.4 Å². The van der Waals surface area contributed by atoms with Gasteiger partial charge in [0.2, 0.25) is 0 Å². The van der Waals surface area contributed by atoms with Crippen LogP contribution in [0.3, 0.4) is 0 Å². The number of carboxylic acid groups (broad SMARTS) is 1. The monoisotopic (exact) mass is 707 g/mol. The molecule has 0 saturated heterocycles. The van der Waals surface area contributed by atoms with Gasteiger partial charge in [0.05, 0.1) is 4.88 Å². The van der Waals surface area contributed by atoms with Crippen LogP contribution in [0.4, 0.5) is 0 Å². The minimum absolute atomic E-state index is 0.230. The molecule has 47 heavy (non-hydrogen) atoms. The average Bonchev–Trinajstić information content (AvgIpc) is 3.88. The van der Waals surface area contributed by atoms with Gasteiger partial charge in [0.1, 0.15) is 24.9 Å². The maximum atomic E-state index is 11.6. The summed E-state index contributed by atoms with van der Waals surface area (Å²) in [5.74, 6) is 0.544. The summed E-state index contributed by atoms with van der Waals surface area (Å²) in [4.78, 5) is 19.8. The van der Waals surface area contributed by atoms with Gasteiger partial charge in [0.15, 0.2) is 11.5 Å². The molecule has 0 atom stereocenters. The molecule has 0 fully saturated rings. The molecule has 250 valence electrons. The number of carboxylic acids is 1. The number of aliphatic carboxylic acids is 1. The van der Waals surface area contributed by atoms with E-state index >= 15 is 0 Å². The van der Waals surface area contributed by atoms with Gasteiger partial charge in [0, 0.05) is 34.6 Å². The standard InChI is InChI=1S/C38H45NO4S4/c1-3-5-7-9-11-13-15-26-21-29(22-28(24-39)38(40)41)45-35(26)31-17-18-32(46-31)36-27(16-14-12-10-8-6-4-2)23-33(47-36)37-34-30(25-44-37)42-19-20-43-34/h17-18,21-23,25H,3-16,19-20H2,1-2H3,(H,40,41)/b28-22+. The molecule has 0 aliphatic carbocycles. The molecule has 0 saturated carbocycles. The number of nitriles is 1. The van der Waals surface area contributed by atoms with Gasteiger partial charge in [-0.05, 0) is 67.2 Å². The van der Waals surface area contributed by atoms with Crippen LogP contribution in [-0.2, 0) is 17.6 Å². The topological polar surface area (TPSA) is 79.6 Å². The molecule has 1 aliphatic heterocycles. The quantitative estimate of drug-likeness (QED) is 0.0596. The molecule has 1 aliphatic rings. The maximum Gasteiger partial charge on any atom is 0.346 e. The van der Waals surface area contributed by atoms with Crippen molar-refractivity contribution in [3.8, 4) is 46.8 Å². The number of aryl methyl sites for hydroxylation is 2. The number of rotatable bonds is 19. The fourth-order valence-electron chi connectivity index (χ4n) is 5.94. The van der Waals surface area contributed by atoms with Crippen molar-refractivity contribution >= 4 is 57.4 Å². The normalized spacial score (nSPS) is 12.8. The second kappa shape index (κ2) is 18.0. The van der Waals surface area contributed by atoms with Gasteiger partial charge in [-0.25, -0.2) is 4.79 Å². The summed E-state index contributed by atoms with van der Waals surface area (Å²) in [6, 6.07) is 10.8. The van der Waals surface area contributed by atoms with E-state index in [0.29, 0.717) is 13.2 Å². The predicted octanol–water partition coefficient (Wildman–Crippen LogP) is 12.5. The molecule has 1 N–H and O–H groups in total. The van der Waals surface area contributed by atoms with Gasteiger partial charge in [-0.3, -0.25) is 0 Å². The molecular formula is C38H45NO4S4. The molecule has 5 rings (SSSR count). The van der Waals surface area contributed by atoms with Gasteiger partial charge in [-0.2, -0.15) is 5.26 Å². The fourth-order valence-corrected chi connectivity index (χ4v) is 10.7. The Kier molecular flexibility index (Phi) is 13.6. The van der Waals surface area contributed by atoms with Crippen molar-refractivity contribution in [2.75, 3.05) is 13.2 Å². The Morgan fingerprint density at radius 2 is 1.38 bits per heavy atom.